The van der Waals surface area contributed by atoms with Gasteiger partial charge in [-0.3, -0.25) is 9.78 Å². The fourth-order valence-corrected chi connectivity index (χ4v) is 3.24. The summed E-state index contributed by atoms with van der Waals surface area (Å²) in [4.78, 5) is 20.8. The van der Waals surface area contributed by atoms with Gasteiger partial charge in [-0.1, -0.05) is 12.5 Å². The summed E-state index contributed by atoms with van der Waals surface area (Å²) in [5, 5.41) is 0. The number of methoxy groups -OCH3 is 1. The Morgan fingerprint density at radius 2 is 2.10 bits per heavy atom. The third-order valence-corrected chi connectivity index (χ3v) is 5.22. The highest BCUT2D eigenvalue weighted by atomic mass is 16.5. The Labute approximate surface area is 169 Å². The fraction of sp³-hybridized carbons (Fsp3) is 0.348. The summed E-state index contributed by atoms with van der Waals surface area (Å²) in [5.74, 6) is 2.52. The van der Waals surface area contributed by atoms with Gasteiger partial charge in [0.2, 0.25) is 5.89 Å². The minimum atomic E-state index is -0.00808. The molecule has 1 saturated carbocycles. The van der Waals surface area contributed by atoms with Gasteiger partial charge in [-0.05, 0) is 49.1 Å². The largest absolute Gasteiger partial charge is 0.493 e. The van der Waals surface area contributed by atoms with Gasteiger partial charge in [0.25, 0.3) is 0 Å². The summed E-state index contributed by atoms with van der Waals surface area (Å²) in [6.45, 7) is 0.701. The van der Waals surface area contributed by atoms with E-state index in [0.717, 1.165) is 11.3 Å². The van der Waals surface area contributed by atoms with Crippen molar-refractivity contribution in [2.45, 2.75) is 32.1 Å². The van der Waals surface area contributed by atoms with Crippen molar-refractivity contribution in [3.8, 4) is 23.0 Å². The molecule has 0 saturated heterocycles. The first kappa shape index (κ1) is 19.2. The lowest BCUT2D eigenvalue weighted by atomic mass is 9.86. The van der Waals surface area contributed by atoms with E-state index in [-0.39, 0.29) is 5.78 Å². The lowest BCUT2D eigenvalue weighted by molar-refractivity contribution is 0.0977. The molecule has 0 unspecified atom stereocenters. The van der Waals surface area contributed by atoms with Crippen LogP contribution in [-0.4, -0.2) is 29.5 Å². The first-order valence-corrected chi connectivity index (χ1v) is 9.93. The van der Waals surface area contributed by atoms with Crippen LogP contribution in [0.2, 0.25) is 0 Å². The van der Waals surface area contributed by atoms with E-state index in [2.05, 4.69) is 9.97 Å². The summed E-state index contributed by atoms with van der Waals surface area (Å²) in [6.07, 6.45) is 7.79. The molecule has 4 rings (SSSR count). The zero-order valence-corrected chi connectivity index (χ0v) is 16.5. The summed E-state index contributed by atoms with van der Waals surface area (Å²) in [6, 6.07) is 11.0. The Morgan fingerprint density at radius 3 is 2.83 bits per heavy atom. The monoisotopic (exact) mass is 392 g/mol. The maximum atomic E-state index is 12.2. The van der Waals surface area contributed by atoms with Gasteiger partial charge in [-0.25, -0.2) is 4.98 Å². The molecule has 0 bridgehead atoms. The van der Waals surface area contributed by atoms with Crippen LogP contribution in [0.1, 0.15) is 41.9 Å². The second-order valence-corrected chi connectivity index (χ2v) is 7.26. The quantitative estimate of drug-likeness (QED) is 0.490. The molecule has 2 aromatic heterocycles. The molecular formula is C23H24N2O4. The lowest BCUT2D eigenvalue weighted by Gasteiger charge is -2.25. The van der Waals surface area contributed by atoms with Crippen LogP contribution in [0.5, 0.6) is 11.5 Å². The van der Waals surface area contributed by atoms with Gasteiger partial charge in [0.05, 0.1) is 19.4 Å². The standard InChI is InChI=1S/C23H24N2O4/c1-27-21-11-8-17(13-22(21)28-14-16-5-4-6-16)23-25-18(15-29-23)9-10-20(26)19-7-2-3-12-24-19/h2-3,7-8,11-13,15-16H,4-6,9-10,14H2,1H3. The number of rotatable bonds is 9. The van der Waals surface area contributed by atoms with Crippen LogP contribution in [0.3, 0.4) is 0 Å². The number of hydrogen-bond acceptors (Lipinski definition) is 6. The number of ether oxygens (including phenoxy) is 2. The minimum absolute atomic E-state index is 0.00808. The average molecular weight is 392 g/mol. The molecule has 3 aromatic rings. The fourth-order valence-electron chi connectivity index (χ4n) is 3.24. The van der Waals surface area contributed by atoms with Crippen molar-refractivity contribution in [1.29, 1.82) is 0 Å². The van der Waals surface area contributed by atoms with E-state index in [1.807, 2.05) is 24.3 Å². The molecule has 1 aliphatic rings. The predicted molar refractivity (Wildman–Crippen MR) is 108 cm³/mol. The van der Waals surface area contributed by atoms with E-state index in [1.54, 1.807) is 31.7 Å². The molecule has 1 fully saturated rings. The van der Waals surface area contributed by atoms with Crippen molar-refractivity contribution in [3.05, 3.63) is 60.2 Å². The van der Waals surface area contributed by atoms with Gasteiger partial charge in [0, 0.05) is 24.6 Å². The van der Waals surface area contributed by atoms with Crippen molar-refractivity contribution in [2.24, 2.45) is 5.92 Å². The Kier molecular flexibility index (Phi) is 5.89. The molecule has 6 heteroatoms. The number of aryl methyl sites for hydroxylation is 1. The Morgan fingerprint density at radius 1 is 1.21 bits per heavy atom. The van der Waals surface area contributed by atoms with Gasteiger partial charge < -0.3 is 13.9 Å². The topological polar surface area (TPSA) is 74.5 Å². The van der Waals surface area contributed by atoms with E-state index in [9.17, 15) is 4.79 Å². The van der Waals surface area contributed by atoms with Crippen molar-refractivity contribution >= 4 is 5.78 Å². The van der Waals surface area contributed by atoms with E-state index < -0.39 is 0 Å². The van der Waals surface area contributed by atoms with Crippen LogP contribution < -0.4 is 9.47 Å². The first-order chi connectivity index (χ1) is 14.2. The highest BCUT2D eigenvalue weighted by molar-refractivity contribution is 5.94. The van der Waals surface area contributed by atoms with Crippen LogP contribution in [0.4, 0.5) is 0 Å². The van der Waals surface area contributed by atoms with E-state index in [0.29, 0.717) is 48.5 Å². The Hall–Kier alpha value is -3.15. The average Bonchev–Trinajstić information content (AvgIpc) is 3.20. The van der Waals surface area contributed by atoms with Crippen LogP contribution >= 0.6 is 0 Å². The number of hydrogen-bond donors (Lipinski definition) is 0. The SMILES string of the molecule is COc1ccc(-c2nc(CCC(=O)c3ccccn3)co2)cc1OCC1CCC1. The minimum Gasteiger partial charge on any atom is -0.493 e. The number of ketones is 1. The number of aromatic nitrogens is 2. The molecule has 0 atom stereocenters. The molecule has 29 heavy (non-hydrogen) atoms. The summed E-state index contributed by atoms with van der Waals surface area (Å²) in [7, 11) is 1.63. The van der Waals surface area contributed by atoms with Crippen molar-refractivity contribution in [3.63, 3.8) is 0 Å². The van der Waals surface area contributed by atoms with Gasteiger partial charge in [-0.15, -0.1) is 0 Å². The van der Waals surface area contributed by atoms with Crippen LogP contribution in [0, 0.1) is 5.92 Å². The Bertz CT molecular complexity index is 964. The normalized spacial score (nSPS) is 13.7. The molecule has 1 aromatic carbocycles. The van der Waals surface area contributed by atoms with Crippen molar-refractivity contribution < 1.29 is 18.7 Å². The maximum absolute atomic E-state index is 12.2. The Balaban J connectivity index is 1.42. The smallest absolute Gasteiger partial charge is 0.226 e. The van der Waals surface area contributed by atoms with Gasteiger partial charge in [0.1, 0.15) is 12.0 Å². The van der Waals surface area contributed by atoms with E-state index in [4.69, 9.17) is 13.9 Å². The number of carbonyl (C=O) groups is 1. The van der Waals surface area contributed by atoms with Crippen molar-refractivity contribution in [1.82, 2.24) is 9.97 Å². The van der Waals surface area contributed by atoms with Crippen LogP contribution in [0.25, 0.3) is 11.5 Å². The second-order valence-electron chi connectivity index (χ2n) is 7.26. The number of Topliss-reactive ketones (excluding diaryl/α,β-unsaturated/α-hetero) is 1. The lowest BCUT2D eigenvalue weighted by Crippen LogP contribution is -2.19. The third kappa shape index (κ3) is 4.65. The molecule has 0 radical (unpaired) electrons. The zero-order valence-electron chi connectivity index (χ0n) is 16.5. The molecule has 0 amide bonds. The zero-order chi connectivity index (χ0) is 20.1. The molecular weight excluding hydrogens is 368 g/mol. The number of oxazole rings is 1. The molecule has 0 aliphatic heterocycles. The van der Waals surface area contributed by atoms with E-state index >= 15 is 0 Å². The number of benzene rings is 1. The number of carbonyl (C=O) groups excluding carboxylic acids is 1. The number of nitrogens with zero attached hydrogens (tertiary/aromatic N) is 2. The molecule has 2 heterocycles. The van der Waals surface area contributed by atoms with Gasteiger partial charge >= 0.3 is 0 Å². The van der Waals surface area contributed by atoms with Crippen molar-refractivity contribution in [2.75, 3.05) is 13.7 Å². The second kappa shape index (κ2) is 8.90. The number of pyridine rings is 1. The van der Waals surface area contributed by atoms with Gasteiger partial charge in [0.15, 0.2) is 17.3 Å². The van der Waals surface area contributed by atoms with Gasteiger partial charge in [-0.2, -0.15) is 0 Å². The van der Waals surface area contributed by atoms with Crippen LogP contribution in [-0.2, 0) is 6.42 Å². The maximum Gasteiger partial charge on any atom is 0.226 e. The highest BCUT2D eigenvalue weighted by Crippen LogP contribution is 2.34. The highest BCUT2D eigenvalue weighted by Gasteiger charge is 2.19. The van der Waals surface area contributed by atoms with E-state index in [1.165, 1.54) is 19.3 Å². The molecule has 6 nitrogen and oxygen atoms in total. The third-order valence-electron chi connectivity index (χ3n) is 5.22. The summed E-state index contributed by atoms with van der Waals surface area (Å²) >= 11 is 0. The molecule has 0 N–H and O–H groups in total. The summed E-state index contributed by atoms with van der Waals surface area (Å²) in [5.41, 5.74) is 2.02. The molecule has 150 valence electrons. The molecule has 1 aliphatic carbocycles. The first-order valence-electron chi connectivity index (χ1n) is 9.93. The molecule has 0 spiro atoms. The predicted octanol–water partition coefficient (Wildman–Crippen LogP) is 4.74. The summed E-state index contributed by atoms with van der Waals surface area (Å²) < 4.78 is 17.0. The van der Waals surface area contributed by atoms with Crippen LogP contribution in [0.15, 0.2) is 53.3 Å².